The van der Waals surface area contributed by atoms with Gasteiger partial charge in [-0.05, 0) is 12.1 Å². The van der Waals surface area contributed by atoms with Crippen LogP contribution in [-0.4, -0.2) is 71.3 Å². The lowest BCUT2D eigenvalue weighted by atomic mass is 10.2. The second kappa shape index (κ2) is 7.71. The lowest BCUT2D eigenvalue weighted by Crippen LogP contribution is -2.37. The number of morpholine rings is 1. The first-order valence-electron chi connectivity index (χ1n) is 9.95. The fraction of sp³-hybridized carbons (Fsp3) is 0.381. The van der Waals surface area contributed by atoms with Gasteiger partial charge in [0.1, 0.15) is 11.8 Å². The van der Waals surface area contributed by atoms with Crippen molar-refractivity contribution in [1.82, 2.24) is 19.9 Å². The molecule has 150 valence electrons. The molecule has 29 heavy (non-hydrogen) atoms. The number of carbonyl (C=O) groups excluding carboxylic acids is 1. The molecule has 0 radical (unpaired) electrons. The van der Waals surface area contributed by atoms with E-state index in [9.17, 15) is 4.79 Å². The predicted molar refractivity (Wildman–Crippen MR) is 108 cm³/mol. The van der Waals surface area contributed by atoms with Crippen molar-refractivity contribution in [2.45, 2.75) is 12.5 Å². The summed E-state index contributed by atoms with van der Waals surface area (Å²) in [5, 5.41) is 1.04. The Hall–Kier alpha value is -3.13. The molecule has 1 aromatic carbocycles. The highest BCUT2D eigenvalue weighted by atomic mass is 16.5. The highest BCUT2D eigenvalue weighted by Crippen LogP contribution is 2.27. The monoisotopic (exact) mass is 393 g/mol. The minimum atomic E-state index is -0.0974. The fourth-order valence-corrected chi connectivity index (χ4v) is 3.92. The molecule has 1 atom stereocenters. The van der Waals surface area contributed by atoms with Crippen LogP contribution in [0.1, 0.15) is 16.9 Å². The summed E-state index contributed by atoms with van der Waals surface area (Å²) in [6, 6.07) is 9.81. The van der Waals surface area contributed by atoms with Gasteiger partial charge in [0, 0.05) is 49.4 Å². The van der Waals surface area contributed by atoms with Gasteiger partial charge in [-0.25, -0.2) is 9.97 Å². The molecule has 1 N–H and O–H groups in total. The van der Waals surface area contributed by atoms with E-state index in [4.69, 9.17) is 9.47 Å². The second-order valence-corrected chi connectivity index (χ2v) is 7.33. The number of fused-ring (bicyclic) bond motifs is 1. The number of rotatable bonds is 4. The number of nitrogens with zero attached hydrogens (tertiary/aromatic N) is 4. The highest BCUT2D eigenvalue weighted by molar-refractivity contribution is 5.98. The number of ether oxygens (including phenoxy) is 2. The minimum Gasteiger partial charge on any atom is -0.470 e. The van der Waals surface area contributed by atoms with E-state index < -0.39 is 0 Å². The van der Waals surface area contributed by atoms with Crippen LogP contribution in [0, 0.1) is 0 Å². The third kappa shape index (κ3) is 3.63. The molecule has 4 heterocycles. The largest absolute Gasteiger partial charge is 0.470 e. The molecule has 2 saturated heterocycles. The van der Waals surface area contributed by atoms with Crippen LogP contribution in [0.3, 0.4) is 0 Å². The highest BCUT2D eigenvalue weighted by Gasteiger charge is 2.30. The van der Waals surface area contributed by atoms with Crippen LogP contribution in [0.5, 0.6) is 5.88 Å². The number of hydrogen-bond acceptors (Lipinski definition) is 6. The van der Waals surface area contributed by atoms with Crippen LogP contribution in [0.4, 0.5) is 5.82 Å². The predicted octanol–water partition coefficient (Wildman–Crippen LogP) is 2.09. The number of aromatic amines is 1. The van der Waals surface area contributed by atoms with Crippen LogP contribution in [0.2, 0.25) is 0 Å². The molecule has 1 amide bonds. The van der Waals surface area contributed by atoms with Crippen LogP contribution < -0.4 is 9.64 Å². The van der Waals surface area contributed by atoms with E-state index in [1.54, 1.807) is 12.4 Å². The normalized spacial score (nSPS) is 19.7. The van der Waals surface area contributed by atoms with Crippen molar-refractivity contribution in [2.24, 2.45) is 0 Å². The molecular formula is C21H23N5O3. The summed E-state index contributed by atoms with van der Waals surface area (Å²) in [4.78, 5) is 29.0. The summed E-state index contributed by atoms with van der Waals surface area (Å²) in [6.45, 7) is 4.08. The number of benzene rings is 1. The lowest BCUT2D eigenvalue weighted by Gasteiger charge is -2.29. The number of hydrogen-bond donors (Lipinski definition) is 1. The van der Waals surface area contributed by atoms with Gasteiger partial charge >= 0.3 is 0 Å². The number of H-pyrrole nitrogens is 1. The number of likely N-dealkylation sites (tertiary alicyclic amines) is 1. The molecular weight excluding hydrogens is 370 g/mol. The van der Waals surface area contributed by atoms with E-state index >= 15 is 0 Å². The van der Waals surface area contributed by atoms with Gasteiger partial charge in [0.2, 0.25) is 0 Å². The van der Waals surface area contributed by atoms with Crippen LogP contribution >= 0.6 is 0 Å². The number of anilines is 1. The quantitative estimate of drug-likeness (QED) is 0.731. The summed E-state index contributed by atoms with van der Waals surface area (Å²) in [6.07, 6.45) is 3.99. The maximum Gasteiger partial charge on any atom is 0.270 e. The van der Waals surface area contributed by atoms with Gasteiger partial charge in [0.15, 0.2) is 5.82 Å². The topological polar surface area (TPSA) is 83.6 Å². The van der Waals surface area contributed by atoms with E-state index in [0.717, 1.165) is 36.2 Å². The van der Waals surface area contributed by atoms with Crippen LogP contribution in [-0.2, 0) is 4.74 Å². The van der Waals surface area contributed by atoms with Crippen LogP contribution in [0.15, 0.2) is 42.7 Å². The van der Waals surface area contributed by atoms with Crippen molar-refractivity contribution in [3.8, 4) is 5.88 Å². The molecule has 2 aromatic heterocycles. The summed E-state index contributed by atoms with van der Waals surface area (Å²) < 4.78 is 11.6. The Morgan fingerprint density at radius 1 is 1.14 bits per heavy atom. The second-order valence-electron chi connectivity index (χ2n) is 7.33. The maximum absolute atomic E-state index is 12.9. The molecule has 3 aromatic rings. The zero-order chi connectivity index (χ0) is 19.6. The van der Waals surface area contributed by atoms with E-state index in [1.165, 1.54) is 0 Å². The van der Waals surface area contributed by atoms with Gasteiger partial charge in [-0.1, -0.05) is 18.2 Å². The molecule has 0 bridgehead atoms. The van der Waals surface area contributed by atoms with Gasteiger partial charge in [0.25, 0.3) is 11.8 Å². The number of amides is 1. The summed E-state index contributed by atoms with van der Waals surface area (Å²) in [5.74, 6) is 1.27. The van der Waals surface area contributed by atoms with Gasteiger partial charge < -0.3 is 24.3 Å². The van der Waals surface area contributed by atoms with Crippen molar-refractivity contribution in [2.75, 3.05) is 44.3 Å². The Labute approximate surface area is 168 Å². The zero-order valence-electron chi connectivity index (χ0n) is 16.1. The molecule has 0 spiro atoms. The van der Waals surface area contributed by atoms with Gasteiger partial charge in [-0.15, -0.1) is 0 Å². The van der Waals surface area contributed by atoms with Gasteiger partial charge in [-0.2, -0.15) is 0 Å². The Morgan fingerprint density at radius 3 is 2.83 bits per heavy atom. The minimum absolute atomic E-state index is 0.000140. The number of para-hydroxylation sites is 1. The lowest BCUT2D eigenvalue weighted by molar-refractivity contribution is 0.0766. The van der Waals surface area contributed by atoms with Crippen molar-refractivity contribution in [3.63, 3.8) is 0 Å². The Kier molecular flexibility index (Phi) is 4.77. The number of aromatic nitrogens is 3. The van der Waals surface area contributed by atoms with Gasteiger partial charge in [-0.3, -0.25) is 4.79 Å². The first-order valence-corrected chi connectivity index (χ1v) is 9.95. The third-order valence-electron chi connectivity index (χ3n) is 5.43. The van der Waals surface area contributed by atoms with Crippen molar-refractivity contribution in [1.29, 1.82) is 0 Å². The van der Waals surface area contributed by atoms with E-state index in [2.05, 4.69) is 19.9 Å². The van der Waals surface area contributed by atoms with Crippen LogP contribution in [0.25, 0.3) is 10.9 Å². The Bertz CT molecular complexity index is 981. The Balaban J connectivity index is 1.27. The molecule has 0 saturated carbocycles. The molecule has 2 aliphatic heterocycles. The van der Waals surface area contributed by atoms with E-state index in [1.807, 2.05) is 35.2 Å². The summed E-state index contributed by atoms with van der Waals surface area (Å²) in [5.41, 5.74) is 1.58. The van der Waals surface area contributed by atoms with Crippen molar-refractivity contribution >= 4 is 22.6 Å². The summed E-state index contributed by atoms with van der Waals surface area (Å²) >= 11 is 0. The zero-order valence-corrected chi connectivity index (χ0v) is 16.1. The Morgan fingerprint density at radius 2 is 1.97 bits per heavy atom. The number of carbonyl (C=O) groups is 1. The third-order valence-corrected chi connectivity index (χ3v) is 5.43. The SMILES string of the molecule is O=C(c1cc2ccccc2[nH]1)N1CCC(Oc2nccnc2N2CCOCC2)C1. The standard InChI is InChI=1S/C21H23N5O3/c27-21(18-13-15-3-1-2-4-17(15)24-18)26-8-5-16(14-26)29-20-19(22-6-7-23-20)25-9-11-28-12-10-25/h1-4,6-7,13,16,24H,5,8-12,14H2. The van der Waals surface area contributed by atoms with Crippen molar-refractivity contribution in [3.05, 3.63) is 48.4 Å². The molecule has 1 unspecified atom stereocenters. The number of nitrogens with one attached hydrogen (secondary N) is 1. The molecule has 8 heteroatoms. The molecule has 2 aliphatic rings. The van der Waals surface area contributed by atoms with E-state index in [-0.39, 0.29) is 12.0 Å². The maximum atomic E-state index is 12.9. The molecule has 5 rings (SSSR count). The average molecular weight is 393 g/mol. The molecule has 2 fully saturated rings. The first-order chi connectivity index (χ1) is 14.3. The average Bonchev–Trinajstić information content (AvgIpc) is 3.41. The smallest absolute Gasteiger partial charge is 0.270 e. The van der Waals surface area contributed by atoms with Gasteiger partial charge in [0.05, 0.1) is 19.8 Å². The van der Waals surface area contributed by atoms with E-state index in [0.29, 0.717) is 37.9 Å². The molecule has 8 nitrogen and oxygen atoms in total. The fourth-order valence-electron chi connectivity index (χ4n) is 3.92. The summed E-state index contributed by atoms with van der Waals surface area (Å²) in [7, 11) is 0. The van der Waals surface area contributed by atoms with Crippen molar-refractivity contribution < 1.29 is 14.3 Å². The first kappa shape index (κ1) is 17.9. The molecule has 0 aliphatic carbocycles.